The molecule has 13 heteroatoms. The van der Waals surface area contributed by atoms with Gasteiger partial charge in [-0.2, -0.15) is 0 Å². The summed E-state index contributed by atoms with van der Waals surface area (Å²) in [4.78, 5) is 36.4. The number of thiazole rings is 1. The Bertz CT molecular complexity index is 1230. The van der Waals surface area contributed by atoms with Crippen LogP contribution >= 0.6 is 11.3 Å². The van der Waals surface area contributed by atoms with Crippen molar-refractivity contribution in [3.8, 4) is 0 Å². The standard InChI is InChI=1S/C25H34N6O5S2/c26-25(27)29-10-4-7-19(21(32)23-28-11-12-37-23)30-22(33)20-15-38(35,36)14-18-9-8-17(24(34)31(18)20)13-16-5-2-1-3-6-16/h1-3,5-6,11-12,17-20,22,30,33H,4,7-10,13-15H2,(H4,26,27,29)/t17?,18?,19?,20-,22?/m0/s1. The number of nitrogens with two attached hydrogens (primary N) is 2. The number of Topliss-reactive ketones (excluding diaryl/α,β-unsaturated/α-hetero) is 1. The van der Waals surface area contributed by atoms with E-state index in [1.807, 2.05) is 30.3 Å². The van der Waals surface area contributed by atoms with Gasteiger partial charge in [-0.3, -0.25) is 19.9 Å². The minimum Gasteiger partial charge on any atom is -0.376 e. The lowest BCUT2D eigenvalue weighted by Gasteiger charge is -2.48. The number of carbonyl (C=O) groups is 2. The Morgan fingerprint density at radius 3 is 2.68 bits per heavy atom. The van der Waals surface area contributed by atoms with Crippen molar-refractivity contribution in [1.29, 1.82) is 0 Å². The average Bonchev–Trinajstić information content (AvgIpc) is 3.41. The smallest absolute Gasteiger partial charge is 0.226 e. The van der Waals surface area contributed by atoms with E-state index in [2.05, 4.69) is 15.3 Å². The van der Waals surface area contributed by atoms with Gasteiger partial charge in [0.25, 0.3) is 0 Å². The molecule has 0 bridgehead atoms. The Balaban J connectivity index is 1.53. The normalized spacial score (nSPS) is 24.3. The molecule has 5 atom stereocenters. The first-order valence-electron chi connectivity index (χ1n) is 12.6. The molecule has 1 aromatic heterocycles. The Labute approximate surface area is 226 Å². The number of hydrogen-bond acceptors (Lipinski definition) is 9. The molecule has 0 spiro atoms. The molecule has 0 aliphatic carbocycles. The van der Waals surface area contributed by atoms with Crippen molar-refractivity contribution >= 4 is 38.8 Å². The molecule has 6 N–H and O–H groups in total. The fourth-order valence-corrected chi connectivity index (χ4v) is 7.83. The maximum absolute atomic E-state index is 13.6. The van der Waals surface area contributed by atoms with Gasteiger partial charge in [0.15, 0.2) is 20.8 Å². The van der Waals surface area contributed by atoms with Crippen LogP contribution in [0.3, 0.4) is 0 Å². The van der Waals surface area contributed by atoms with E-state index in [-0.39, 0.29) is 53.0 Å². The highest BCUT2D eigenvalue weighted by atomic mass is 32.2. The number of carbonyl (C=O) groups excluding carboxylic acids is 2. The highest BCUT2D eigenvalue weighted by Crippen LogP contribution is 2.33. The zero-order chi connectivity index (χ0) is 27.3. The summed E-state index contributed by atoms with van der Waals surface area (Å²) < 4.78 is 25.6. The van der Waals surface area contributed by atoms with E-state index < -0.39 is 34.2 Å². The SMILES string of the molecule is NC(N)=NCCCC(NC(O)[C@@H]1CS(=O)(=O)CC2CCC(Cc3ccccc3)C(=O)N21)C(=O)c1nccs1. The van der Waals surface area contributed by atoms with Crippen LogP contribution in [-0.2, 0) is 21.1 Å². The van der Waals surface area contributed by atoms with Crippen LogP contribution in [0, 0.1) is 5.92 Å². The summed E-state index contributed by atoms with van der Waals surface area (Å²) in [5.41, 5.74) is 11.8. The Kier molecular flexibility index (Phi) is 9.13. The first kappa shape index (κ1) is 28.1. The molecule has 2 aliphatic rings. The van der Waals surface area contributed by atoms with Crippen molar-refractivity contribution in [2.45, 2.75) is 56.5 Å². The molecule has 4 unspecified atom stereocenters. The van der Waals surface area contributed by atoms with Crippen LogP contribution in [0.15, 0.2) is 46.9 Å². The zero-order valence-electron chi connectivity index (χ0n) is 21.0. The second-order valence-corrected chi connectivity index (χ2v) is 12.9. The molecule has 0 saturated carbocycles. The van der Waals surface area contributed by atoms with Crippen LogP contribution in [0.4, 0.5) is 0 Å². The predicted molar refractivity (Wildman–Crippen MR) is 145 cm³/mol. The van der Waals surface area contributed by atoms with E-state index >= 15 is 0 Å². The van der Waals surface area contributed by atoms with E-state index in [4.69, 9.17) is 11.5 Å². The summed E-state index contributed by atoms with van der Waals surface area (Å²) >= 11 is 1.18. The van der Waals surface area contributed by atoms with E-state index in [0.29, 0.717) is 25.7 Å². The Hall–Kier alpha value is -2.87. The fraction of sp³-hybridized carbons (Fsp3) is 0.520. The molecule has 0 radical (unpaired) electrons. The number of amides is 1. The van der Waals surface area contributed by atoms with Gasteiger partial charge in [0, 0.05) is 30.1 Å². The summed E-state index contributed by atoms with van der Waals surface area (Å²) in [6.45, 7) is 0.285. The number of aliphatic imine (C=N–C) groups is 1. The number of piperidine rings is 1. The summed E-state index contributed by atoms with van der Waals surface area (Å²) in [6.07, 6.45) is 2.45. The third-order valence-electron chi connectivity index (χ3n) is 7.04. The molecule has 2 aliphatic heterocycles. The minimum atomic E-state index is -3.51. The summed E-state index contributed by atoms with van der Waals surface area (Å²) in [6, 6.07) is 7.28. The number of nitrogens with one attached hydrogen (secondary N) is 1. The molecule has 38 heavy (non-hydrogen) atoms. The van der Waals surface area contributed by atoms with Crippen molar-refractivity contribution in [2.24, 2.45) is 22.4 Å². The first-order chi connectivity index (χ1) is 18.1. The number of hydrogen-bond donors (Lipinski definition) is 4. The number of nitrogens with zero attached hydrogens (tertiary/aromatic N) is 3. The van der Waals surface area contributed by atoms with Gasteiger partial charge in [-0.05, 0) is 37.7 Å². The number of aliphatic hydroxyl groups is 1. The number of aliphatic hydroxyl groups excluding tert-OH is 1. The number of ketones is 1. The lowest BCUT2D eigenvalue weighted by molar-refractivity contribution is -0.148. The van der Waals surface area contributed by atoms with E-state index in [0.717, 1.165) is 5.56 Å². The van der Waals surface area contributed by atoms with Crippen LogP contribution in [0.25, 0.3) is 0 Å². The van der Waals surface area contributed by atoms with Crippen LogP contribution in [-0.4, -0.2) is 83.5 Å². The molecular formula is C25H34N6O5S2. The number of rotatable bonds is 11. The van der Waals surface area contributed by atoms with Gasteiger partial charge < -0.3 is 21.5 Å². The lowest BCUT2D eigenvalue weighted by Crippen LogP contribution is -2.67. The maximum atomic E-state index is 13.6. The number of guanidine groups is 1. The summed E-state index contributed by atoms with van der Waals surface area (Å²) in [7, 11) is -3.51. The molecular weight excluding hydrogens is 528 g/mol. The van der Waals surface area contributed by atoms with Crippen molar-refractivity contribution in [3.05, 3.63) is 52.5 Å². The third kappa shape index (κ3) is 6.95. The number of sulfone groups is 1. The molecule has 11 nitrogen and oxygen atoms in total. The highest BCUT2D eigenvalue weighted by molar-refractivity contribution is 7.91. The van der Waals surface area contributed by atoms with E-state index in [1.54, 1.807) is 10.3 Å². The second kappa shape index (κ2) is 12.3. The topological polar surface area (TPSA) is 181 Å². The zero-order valence-corrected chi connectivity index (χ0v) is 22.6. The van der Waals surface area contributed by atoms with Gasteiger partial charge in [-0.1, -0.05) is 30.3 Å². The van der Waals surface area contributed by atoms with Gasteiger partial charge in [-0.15, -0.1) is 11.3 Å². The molecule has 2 saturated heterocycles. The second-order valence-electron chi connectivity index (χ2n) is 9.82. The van der Waals surface area contributed by atoms with E-state index in [1.165, 1.54) is 17.5 Å². The Morgan fingerprint density at radius 2 is 2.00 bits per heavy atom. The van der Waals surface area contributed by atoms with Crippen molar-refractivity contribution < 1.29 is 23.1 Å². The maximum Gasteiger partial charge on any atom is 0.226 e. The number of benzene rings is 1. The molecule has 2 aromatic rings. The largest absolute Gasteiger partial charge is 0.376 e. The van der Waals surface area contributed by atoms with Crippen LogP contribution in [0.2, 0.25) is 0 Å². The average molecular weight is 563 g/mol. The van der Waals surface area contributed by atoms with Gasteiger partial charge in [0.05, 0.1) is 23.6 Å². The molecule has 2 fully saturated rings. The van der Waals surface area contributed by atoms with Crippen molar-refractivity contribution in [1.82, 2.24) is 15.2 Å². The molecule has 1 aromatic carbocycles. The molecule has 3 heterocycles. The van der Waals surface area contributed by atoms with Gasteiger partial charge in [0.1, 0.15) is 6.23 Å². The monoisotopic (exact) mass is 562 g/mol. The molecule has 1 amide bonds. The van der Waals surface area contributed by atoms with Crippen molar-refractivity contribution in [3.63, 3.8) is 0 Å². The summed E-state index contributed by atoms with van der Waals surface area (Å²) in [5, 5.41) is 16.2. The third-order valence-corrected chi connectivity index (χ3v) is 9.57. The van der Waals surface area contributed by atoms with E-state index in [9.17, 15) is 23.1 Å². The summed E-state index contributed by atoms with van der Waals surface area (Å²) in [5.74, 6) is -1.37. The quantitative estimate of drug-likeness (QED) is 0.0984. The fourth-order valence-electron chi connectivity index (χ4n) is 5.28. The highest BCUT2D eigenvalue weighted by Gasteiger charge is 2.48. The minimum absolute atomic E-state index is 0.0621. The van der Waals surface area contributed by atoms with Crippen LogP contribution in [0.1, 0.15) is 41.0 Å². The first-order valence-corrected chi connectivity index (χ1v) is 15.3. The van der Waals surface area contributed by atoms with Gasteiger partial charge in [0.2, 0.25) is 11.7 Å². The Morgan fingerprint density at radius 1 is 1.24 bits per heavy atom. The predicted octanol–water partition coefficient (Wildman–Crippen LogP) is 0.303. The van der Waals surface area contributed by atoms with Gasteiger partial charge >= 0.3 is 0 Å². The lowest BCUT2D eigenvalue weighted by atomic mass is 9.86. The van der Waals surface area contributed by atoms with Crippen LogP contribution < -0.4 is 16.8 Å². The van der Waals surface area contributed by atoms with Gasteiger partial charge in [-0.25, -0.2) is 13.4 Å². The van der Waals surface area contributed by atoms with Crippen molar-refractivity contribution in [2.75, 3.05) is 18.1 Å². The molecule has 4 rings (SSSR count). The number of fused-ring (bicyclic) bond motifs is 1. The van der Waals surface area contributed by atoms with Crippen LogP contribution in [0.5, 0.6) is 0 Å². The molecule has 206 valence electrons. The number of aromatic nitrogens is 1.